The molecule has 0 bridgehead atoms. The topological polar surface area (TPSA) is 167 Å². The van der Waals surface area contributed by atoms with Gasteiger partial charge < -0.3 is 14.2 Å². The Morgan fingerprint density at radius 3 is 0.972 bits per heavy atom. The van der Waals surface area contributed by atoms with Crippen molar-refractivity contribution in [3.05, 3.63) is 36.5 Å². The molecule has 0 heterocycles. The van der Waals surface area contributed by atoms with Gasteiger partial charge in [0, 0.05) is 19.3 Å². The Balaban J connectivity index is 4.93. The molecule has 0 saturated carbocycles. The lowest BCUT2D eigenvalue weighted by Crippen LogP contribution is -2.30. The Labute approximate surface area is 437 Å². The monoisotopic (exact) mass is 1010 g/mol. The highest BCUT2D eigenvalue weighted by molar-refractivity contribution is 5.71. The minimum atomic E-state index is -0.927. The third-order valence-corrected chi connectivity index (χ3v) is 13.0. The minimum absolute atomic E-state index is 0.170. The lowest BCUT2D eigenvalue weighted by molar-refractivity contribution is -0.167. The van der Waals surface area contributed by atoms with Gasteiger partial charge in [0.2, 0.25) is 18.2 Å². The molecule has 3 atom stereocenters. The van der Waals surface area contributed by atoms with Crippen LogP contribution >= 0.6 is 0 Å². The molecule has 0 amide bonds. The van der Waals surface area contributed by atoms with E-state index in [4.69, 9.17) is 14.2 Å². The number of carbonyl (C=O) groups excluding carboxylic acids is 6. The summed E-state index contributed by atoms with van der Waals surface area (Å²) < 4.78 is 16.8. The third-order valence-electron chi connectivity index (χ3n) is 13.0. The first-order chi connectivity index (χ1) is 35.3. The van der Waals surface area contributed by atoms with Crippen molar-refractivity contribution in [3.63, 3.8) is 0 Å². The van der Waals surface area contributed by atoms with Crippen LogP contribution in [-0.2, 0) is 43.0 Å². The highest BCUT2D eigenvalue weighted by Gasteiger charge is 2.20. The van der Waals surface area contributed by atoms with E-state index in [1.54, 1.807) is 18.2 Å². The lowest BCUT2D eigenvalue weighted by Gasteiger charge is -2.18. The van der Waals surface area contributed by atoms with E-state index < -0.39 is 24.0 Å². The van der Waals surface area contributed by atoms with E-state index in [1.165, 1.54) is 96.3 Å². The highest BCUT2D eigenvalue weighted by Crippen LogP contribution is 2.17. The van der Waals surface area contributed by atoms with Gasteiger partial charge in [0.05, 0.1) is 18.1 Å². The molecule has 0 fully saturated rings. The first-order valence-corrected chi connectivity index (χ1v) is 29.0. The Bertz CT molecular complexity index is 1470. The van der Waals surface area contributed by atoms with Crippen molar-refractivity contribution < 1.29 is 43.0 Å². The summed E-state index contributed by atoms with van der Waals surface area (Å²) in [5.74, 6) is -1.27. The van der Waals surface area contributed by atoms with Crippen molar-refractivity contribution >= 4 is 36.1 Å². The third kappa shape index (κ3) is 48.1. The zero-order chi connectivity index (χ0) is 52.6. The number of hydrogen-bond donors (Lipinski definition) is 0. The van der Waals surface area contributed by atoms with E-state index >= 15 is 0 Å². The second-order valence-corrected chi connectivity index (χ2v) is 19.7. The molecule has 0 aromatic rings. The van der Waals surface area contributed by atoms with Crippen molar-refractivity contribution in [2.24, 2.45) is 15.0 Å². The molecule has 0 aliphatic heterocycles. The Kier molecular flexibility index (Phi) is 51.3. The Morgan fingerprint density at radius 2 is 0.653 bits per heavy atom. The lowest BCUT2D eigenvalue weighted by atomic mass is 10.0. The van der Waals surface area contributed by atoms with Crippen LogP contribution in [0.15, 0.2) is 51.4 Å². The molecule has 12 heteroatoms. The number of nitrogens with zero attached hydrogens (tertiary/aromatic N) is 3. The summed E-state index contributed by atoms with van der Waals surface area (Å²) in [5.41, 5.74) is 0. The van der Waals surface area contributed by atoms with Gasteiger partial charge in [-0.2, -0.15) is 15.0 Å². The maximum atomic E-state index is 13.0. The molecule has 3 unspecified atom stereocenters. The summed E-state index contributed by atoms with van der Waals surface area (Å²) in [6, 6.07) is -0.520. The van der Waals surface area contributed by atoms with Crippen LogP contribution in [0.5, 0.6) is 0 Å². The summed E-state index contributed by atoms with van der Waals surface area (Å²) in [7, 11) is 0. The van der Waals surface area contributed by atoms with Gasteiger partial charge in [-0.15, -0.1) is 0 Å². The molecule has 0 aliphatic rings. The van der Waals surface area contributed by atoms with Crippen LogP contribution in [0, 0.1) is 0 Å². The molecule has 0 aliphatic carbocycles. The molecule has 0 radical (unpaired) electrons. The quantitative estimate of drug-likeness (QED) is 0.0144. The van der Waals surface area contributed by atoms with Gasteiger partial charge in [0.25, 0.3) is 0 Å². The second kappa shape index (κ2) is 54.5. The van der Waals surface area contributed by atoms with Crippen LogP contribution in [0.1, 0.15) is 271 Å². The molecule has 410 valence electrons. The van der Waals surface area contributed by atoms with Crippen LogP contribution in [0.4, 0.5) is 0 Å². The van der Waals surface area contributed by atoms with Gasteiger partial charge in [0.15, 0.2) is 6.10 Å². The van der Waals surface area contributed by atoms with Gasteiger partial charge in [0.1, 0.15) is 13.2 Å². The molecule has 0 aromatic carbocycles. The van der Waals surface area contributed by atoms with Gasteiger partial charge in [-0.3, -0.25) is 14.4 Å². The molecule has 0 aromatic heterocycles. The fourth-order valence-corrected chi connectivity index (χ4v) is 8.51. The summed E-state index contributed by atoms with van der Waals surface area (Å²) >= 11 is 0. The molecule has 12 nitrogen and oxygen atoms in total. The van der Waals surface area contributed by atoms with E-state index in [0.29, 0.717) is 19.3 Å². The molecule has 0 spiro atoms. The number of esters is 3. The fraction of sp³-hybridized carbons (Fsp3) is 0.800. The van der Waals surface area contributed by atoms with E-state index in [0.717, 1.165) is 116 Å². The predicted molar refractivity (Wildman–Crippen MR) is 292 cm³/mol. The molecule has 0 saturated heterocycles. The van der Waals surface area contributed by atoms with Crippen molar-refractivity contribution in [1.29, 1.82) is 0 Å². The standard InChI is InChI=1S/C60H101N3O9/c1-4-7-10-13-16-19-22-31-40-54(61-51-64)43-34-25-28-37-46-58(67)70-49-57(72-60(69)48-39-30-27-36-45-56(63-53-66)42-33-24-21-18-15-12-9-6-3)50-71-59(68)47-38-29-26-35-44-55(62-52-65)41-32-23-20-17-14-11-8-5-2/h31-33,40-42,54-57H,4-30,34-39,43-50H2,1-3H3/b40-31+,41-32+,42-33+. The number of unbranched alkanes of at least 4 members (excludes halogenated alkanes) is 27. The SMILES string of the molecule is CCCCCCCC/C=C/C(CCCCCCC(=O)OCC(COC(=O)CCCCCCC(/C=C/CCCCCCCC)N=C=O)OC(=O)CCCCCCC(/C=C/CCCCCCCC)N=C=O)N=C=O. The van der Waals surface area contributed by atoms with Gasteiger partial charge in [-0.05, 0) is 77.0 Å². The largest absolute Gasteiger partial charge is 0.462 e. The van der Waals surface area contributed by atoms with Crippen LogP contribution in [-0.4, -0.2) is 73.6 Å². The zero-order valence-electron chi connectivity index (χ0n) is 45.8. The van der Waals surface area contributed by atoms with Crippen LogP contribution in [0.25, 0.3) is 0 Å². The average molecular weight is 1010 g/mol. The highest BCUT2D eigenvalue weighted by atomic mass is 16.6. The van der Waals surface area contributed by atoms with Gasteiger partial charge >= 0.3 is 17.9 Å². The fourth-order valence-electron chi connectivity index (χ4n) is 8.51. The van der Waals surface area contributed by atoms with Crippen LogP contribution < -0.4 is 0 Å². The first kappa shape index (κ1) is 67.8. The van der Waals surface area contributed by atoms with E-state index in [1.807, 2.05) is 18.2 Å². The summed E-state index contributed by atoms with van der Waals surface area (Å²) in [4.78, 5) is 83.4. The van der Waals surface area contributed by atoms with Crippen LogP contribution in [0.2, 0.25) is 0 Å². The summed E-state index contributed by atoms with van der Waals surface area (Å²) in [6.07, 6.45) is 54.3. The number of allylic oxidation sites excluding steroid dienone is 3. The number of carbonyl (C=O) groups is 3. The van der Waals surface area contributed by atoms with E-state index in [9.17, 15) is 28.8 Å². The van der Waals surface area contributed by atoms with Gasteiger partial charge in [-0.1, -0.05) is 211 Å². The normalized spacial score (nSPS) is 13.0. The summed E-state index contributed by atoms with van der Waals surface area (Å²) in [5, 5.41) is 0. The van der Waals surface area contributed by atoms with Gasteiger partial charge in [-0.25, -0.2) is 14.4 Å². The van der Waals surface area contributed by atoms with Crippen molar-refractivity contribution in [3.8, 4) is 0 Å². The number of isocyanates is 3. The average Bonchev–Trinajstić information content (AvgIpc) is 3.37. The first-order valence-electron chi connectivity index (χ1n) is 29.0. The molecule has 0 rings (SSSR count). The van der Waals surface area contributed by atoms with Crippen molar-refractivity contribution in [2.45, 2.75) is 295 Å². The molecular formula is C60H101N3O9. The molecular weight excluding hydrogens is 907 g/mol. The Morgan fingerprint density at radius 1 is 0.375 bits per heavy atom. The summed E-state index contributed by atoms with van der Waals surface area (Å²) in [6.45, 7) is 6.23. The van der Waals surface area contributed by atoms with Crippen molar-refractivity contribution in [2.75, 3.05) is 13.2 Å². The number of aliphatic imine (C=N–C) groups is 3. The number of ether oxygens (including phenoxy) is 3. The van der Waals surface area contributed by atoms with E-state index in [2.05, 4.69) is 54.0 Å². The minimum Gasteiger partial charge on any atom is -0.462 e. The van der Waals surface area contributed by atoms with E-state index in [-0.39, 0.29) is 50.6 Å². The predicted octanol–water partition coefficient (Wildman–Crippen LogP) is 16.0. The van der Waals surface area contributed by atoms with Crippen molar-refractivity contribution in [1.82, 2.24) is 0 Å². The maximum Gasteiger partial charge on any atom is 0.306 e. The molecule has 0 N–H and O–H groups in total. The van der Waals surface area contributed by atoms with Crippen LogP contribution in [0.3, 0.4) is 0 Å². The zero-order valence-corrected chi connectivity index (χ0v) is 45.8. The number of hydrogen-bond acceptors (Lipinski definition) is 12. The second-order valence-electron chi connectivity index (χ2n) is 19.7. The Hall–Kier alpha value is -4.23. The molecule has 72 heavy (non-hydrogen) atoms. The smallest absolute Gasteiger partial charge is 0.306 e. The number of rotatable bonds is 53. The maximum absolute atomic E-state index is 13.0.